The zero-order valence-electron chi connectivity index (χ0n) is 13.8. The van der Waals surface area contributed by atoms with Gasteiger partial charge in [-0.2, -0.15) is 0 Å². The van der Waals surface area contributed by atoms with Crippen molar-refractivity contribution in [1.29, 1.82) is 0 Å². The number of fused-ring (bicyclic) bond motifs is 1. The number of aryl methyl sites for hydroxylation is 1. The van der Waals surface area contributed by atoms with Crippen LogP contribution in [0, 0.1) is 6.92 Å². The highest BCUT2D eigenvalue weighted by Gasteiger charge is 2.30. The lowest BCUT2D eigenvalue weighted by molar-refractivity contribution is 0.606. The molecule has 4 rings (SSSR count). The maximum Gasteiger partial charge on any atom is 0.261 e. The molecule has 0 amide bonds. The first kappa shape index (κ1) is 14.8. The Balaban J connectivity index is 1.84. The topological polar surface area (TPSA) is 63.9 Å². The predicted molar refractivity (Wildman–Crippen MR) is 93.1 cm³/mol. The molecule has 1 atom stereocenters. The van der Waals surface area contributed by atoms with E-state index < -0.39 is 0 Å². The number of benzene rings is 1. The summed E-state index contributed by atoms with van der Waals surface area (Å²) in [6.07, 6.45) is 3.79. The zero-order valence-corrected chi connectivity index (χ0v) is 13.8. The van der Waals surface area contributed by atoms with Crippen molar-refractivity contribution in [3.63, 3.8) is 0 Å². The minimum absolute atomic E-state index is 0.00122. The number of nitrogens with zero attached hydrogens (tertiary/aromatic N) is 5. The van der Waals surface area contributed by atoms with Gasteiger partial charge in [-0.1, -0.05) is 12.1 Å². The van der Waals surface area contributed by atoms with Crippen molar-refractivity contribution in [1.82, 2.24) is 19.5 Å². The summed E-state index contributed by atoms with van der Waals surface area (Å²) in [7, 11) is 1.80. The summed E-state index contributed by atoms with van der Waals surface area (Å²) in [4.78, 5) is 28.4. The second kappa shape index (κ2) is 5.70. The first-order valence-electron chi connectivity index (χ1n) is 8.17. The van der Waals surface area contributed by atoms with Gasteiger partial charge in [0, 0.05) is 19.8 Å². The molecule has 3 aromatic rings. The molecule has 0 radical (unpaired) electrons. The van der Waals surface area contributed by atoms with Crippen molar-refractivity contribution >= 4 is 16.7 Å². The molecule has 2 aromatic heterocycles. The number of hydrogen-bond acceptors (Lipinski definition) is 5. The monoisotopic (exact) mass is 321 g/mol. The van der Waals surface area contributed by atoms with E-state index >= 15 is 0 Å². The molecule has 0 spiro atoms. The average Bonchev–Trinajstić information content (AvgIpc) is 3.07. The molecule has 1 aliphatic heterocycles. The van der Waals surface area contributed by atoms with Crippen LogP contribution in [-0.4, -0.2) is 26.1 Å². The predicted octanol–water partition coefficient (Wildman–Crippen LogP) is 2.37. The molecule has 6 heteroatoms. The van der Waals surface area contributed by atoms with Gasteiger partial charge in [-0.05, 0) is 38.0 Å². The van der Waals surface area contributed by atoms with E-state index in [-0.39, 0.29) is 11.6 Å². The van der Waals surface area contributed by atoms with Crippen LogP contribution in [0.25, 0.3) is 10.9 Å². The van der Waals surface area contributed by atoms with Gasteiger partial charge in [0.2, 0.25) is 0 Å². The first-order chi connectivity index (χ1) is 11.6. The fourth-order valence-electron chi connectivity index (χ4n) is 3.45. The Kier molecular flexibility index (Phi) is 3.52. The maximum atomic E-state index is 12.7. The number of para-hydroxylation sites is 1. The third kappa shape index (κ3) is 2.35. The van der Waals surface area contributed by atoms with Gasteiger partial charge in [0.1, 0.15) is 17.5 Å². The van der Waals surface area contributed by atoms with E-state index in [1.54, 1.807) is 17.8 Å². The highest BCUT2D eigenvalue weighted by Crippen LogP contribution is 2.34. The highest BCUT2D eigenvalue weighted by molar-refractivity contribution is 5.77. The van der Waals surface area contributed by atoms with Crippen molar-refractivity contribution in [2.45, 2.75) is 25.8 Å². The second-order valence-corrected chi connectivity index (χ2v) is 6.16. The summed E-state index contributed by atoms with van der Waals surface area (Å²) < 4.78 is 1.68. The average molecular weight is 321 g/mol. The number of hydrogen-bond donors (Lipinski definition) is 0. The van der Waals surface area contributed by atoms with Gasteiger partial charge in [-0.15, -0.1) is 0 Å². The van der Waals surface area contributed by atoms with Gasteiger partial charge >= 0.3 is 0 Å². The number of rotatable bonds is 2. The largest absolute Gasteiger partial charge is 0.346 e. The van der Waals surface area contributed by atoms with E-state index in [0.29, 0.717) is 5.39 Å². The molecule has 1 unspecified atom stereocenters. The van der Waals surface area contributed by atoms with Gasteiger partial charge in [-0.25, -0.2) is 15.0 Å². The molecular weight excluding hydrogens is 302 g/mol. The molecule has 0 aliphatic carbocycles. The van der Waals surface area contributed by atoms with Crippen LogP contribution in [0.5, 0.6) is 0 Å². The Morgan fingerprint density at radius 3 is 2.83 bits per heavy atom. The lowest BCUT2D eigenvalue weighted by Crippen LogP contribution is -2.31. The summed E-state index contributed by atoms with van der Waals surface area (Å²) in [6.45, 7) is 2.79. The quantitative estimate of drug-likeness (QED) is 0.725. The number of aromatic nitrogens is 4. The first-order valence-corrected chi connectivity index (χ1v) is 8.17. The molecule has 122 valence electrons. The fourth-order valence-corrected chi connectivity index (χ4v) is 3.45. The normalized spacial score (nSPS) is 17.6. The van der Waals surface area contributed by atoms with Crippen LogP contribution in [0.1, 0.15) is 30.5 Å². The van der Waals surface area contributed by atoms with Crippen LogP contribution < -0.4 is 10.5 Å². The van der Waals surface area contributed by atoms with Gasteiger partial charge < -0.3 is 4.90 Å². The van der Waals surface area contributed by atoms with E-state index in [1.165, 1.54) is 0 Å². The molecule has 1 fully saturated rings. The van der Waals surface area contributed by atoms with E-state index in [4.69, 9.17) is 4.98 Å². The van der Waals surface area contributed by atoms with Crippen LogP contribution in [0.2, 0.25) is 0 Å². The highest BCUT2D eigenvalue weighted by atomic mass is 16.1. The van der Waals surface area contributed by atoms with Crippen LogP contribution in [0.4, 0.5) is 5.82 Å². The zero-order chi connectivity index (χ0) is 16.7. The van der Waals surface area contributed by atoms with Crippen molar-refractivity contribution in [2.24, 2.45) is 7.05 Å². The Bertz CT molecular complexity index is 965. The fraction of sp³-hybridized carbons (Fsp3) is 0.333. The third-order valence-corrected chi connectivity index (χ3v) is 4.62. The summed E-state index contributed by atoms with van der Waals surface area (Å²) in [5, 5.41) is 0.658. The summed E-state index contributed by atoms with van der Waals surface area (Å²) >= 11 is 0. The van der Waals surface area contributed by atoms with Crippen LogP contribution >= 0.6 is 0 Å². The summed E-state index contributed by atoms with van der Waals surface area (Å²) in [5.74, 6) is 2.44. The molecule has 1 aliphatic rings. The van der Waals surface area contributed by atoms with Crippen LogP contribution in [0.3, 0.4) is 0 Å². The molecule has 24 heavy (non-hydrogen) atoms. The molecule has 6 nitrogen and oxygen atoms in total. The Morgan fingerprint density at radius 2 is 2.00 bits per heavy atom. The molecule has 1 aromatic carbocycles. The lowest BCUT2D eigenvalue weighted by atomic mass is 10.1. The van der Waals surface area contributed by atoms with E-state index in [2.05, 4.69) is 14.9 Å². The van der Waals surface area contributed by atoms with Gasteiger partial charge in [-0.3, -0.25) is 9.36 Å². The van der Waals surface area contributed by atoms with E-state index in [9.17, 15) is 4.79 Å². The second-order valence-electron chi connectivity index (χ2n) is 6.16. The van der Waals surface area contributed by atoms with Crippen molar-refractivity contribution in [2.75, 3.05) is 11.4 Å². The number of anilines is 1. The van der Waals surface area contributed by atoms with Crippen molar-refractivity contribution < 1.29 is 0 Å². The summed E-state index contributed by atoms with van der Waals surface area (Å²) in [6, 6.07) is 9.49. The van der Waals surface area contributed by atoms with Crippen molar-refractivity contribution in [3.05, 3.63) is 58.5 Å². The Morgan fingerprint density at radius 1 is 1.17 bits per heavy atom. The molecule has 3 heterocycles. The third-order valence-electron chi connectivity index (χ3n) is 4.62. The summed E-state index contributed by atoms with van der Waals surface area (Å²) in [5.41, 5.74) is 0.752. The molecule has 0 bridgehead atoms. The van der Waals surface area contributed by atoms with Crippen LogP contribution in [-0.2, 0) is 7.05 Å². The van der Waals surface area contributed by atoms with Crippen molar-refractivity contribution in [3.8, 4) is 0 Å². The van der Waals surface area contributed by atoms with Gasteiger partial charge in [0.15, 0.2) is 0 Å². The standard InChI is InChI=1S/C18H19N5O/c1-12-19-10-9-16(20-12)23-11-5-8-15(23)17-21-14-7-4-3-6-13(14)18(24)22(17)2/h3-4,6-7,9-10,15H,5,8,11H2,1-2H3. The van der Waals surface area contributed by atoms with Crippen LogP contribution in [0.15, 0.2) is 41.3 Å². The SMILES string of the molecule is Cc1nccc(N2CCCC2c2nc3ccccc3c(=O)n2C)n1. The minimum Gasteiger partial charge on any atom is -0.346 e. The van der Waals surface area contributed by atoms with Gasteiger partial charge in [0.25, 0.3) is 5.56 Å². The minimum atomic E-state index is 0.00122. The maximum absolute atomic E-state index is 12.7. The lowest BCUT2D eigenvalue weighted by Gasteiger charge is -2.26. The van der Waals surface area contributed by atoms with Gasteiger partial charge in [0.05, 0.1) is 16.9 Å². The Labute approximate surface area is 139 Å². The molecule has 0 N–H and O–H groups in total. The smallest absolute Gasteiger partial charge is 0.261 e. The molecule has 1 saturated heterocycles. The Hall–Kier alpha value is -2.76. The van der Waals surface area contributed by atoms with E-state index in [1.807, 2.05) is 37.3 Å². The molecule has 0 saturated carbocycles. The molecular formula is C18H19N5O. The van der Waals surface area contributed by atoms with E-state index in [0.717, 1.165) is 42.4 Å².